The lowest BCUT2D eigenvalue weighted by Crippen LogP contribution is -2.42. The minimum atomic E-state index is -1.83. The average Bonchev–Trinajstić information content (AvgIpc) is 3.33. The smallest absolute Gasteiger partial charge is 0.337 e. The fourth-order valence-electron chi connectivity index (χ4n) is 3.16. The van der Waals surface area contributed by atoms with E-state index in [1.54, 1.807) is 11.3 Å². The Balaban J connectivity index is 1.76. The quantitative estimate of drug-likeness (QED) is 0.770. The number of nitrogens with zero attached hydrogens (tertiary/aromatic N) is 2. The van der Waals surface area contributed by atoms with Gasteiger partial charge in [0, 0.05) is 10.8 Å². The molecule has 3 N–H and O–H groups in total. The number of thiophene rings is 1. The van der Waals surface area contributed by atoms with Gasteiger partial charge in [-0.15, -0.1) is 11.3 Å². The molecule has 0 aliphatic heterocycles. The van der Waals surface area contributed by atoms with Gasteiger partial charge in [-0.05, 0) is 51.0 Å². The molecule has 2 aliphatic carbocycles. The molecule has 2 aromatic heterocycles. The molecule has 1 unspecified atom stereocenters. The summed E-state index contributed by atoms with van der Waals surface area (Å²) in [6.45, 7) is 1.22. The third-order valence-corrected chi connectivity index (χ3v) is 6.02. The first-order valence-electron chi connectivity index (χ1n) is 8.47. The van der Waals surface area contributed by atoms with E-state index >= 15 is 0 Å². The maximum absolute atomic E-state index is 11.2. The zero-order chi connectivity index (χ0) is 16.9. The number of aliphatic carboxylic acids is 1. The normalized spacial score (nSPS) is 19.8. The number of nitrogens with one attached hydrogen (secondary N) is 1. The van der Waals surface area contributed by atoms with Crippen LogP contribution in [0.25, 0.3) is 10.2 Å². The van der Waals surface area contributed by atoms with Crippen LogP contribution in [-0.4, -0.2) is 38.3 Å². The Bertz CT molecular complexity index is 811. The fourth-order valence-corrected chi connectivity index (χ4v) is 4.43. The van der Waals surface area contributed by atoms with Crippen LogP contribution in [0.2, 0.25) is 0 Å². The number of rotatable bonds is 5. The van der Waals surface area contributed by atoms with Crippen LogP contribution >= 0.6 is 11.3 Å². The standard InChI is InChI=1S/C17H21N3O3S/c1-17(23,16(21)22)8-18-14-12-10-4-2-3-5-11(10)24-15(12)20-13(19-14)9-6-7-9/h9,23H,2-8H2,1H3,(H,21,22)(H,18,19,20). The van der Waals surface area contributed by atoms with Crippen LogP contribution in [0.4, 0.5) is 5.82 Å². The summed E-state index contributed by atoms with van der Waals surface area (Å²) in [5.74, 6) is 0.713. The fraction of sp³-hybridized carbons (Fsp3) is 0.588. The number of aliphatic hydroxyl groups is 1. The molecule has 0 spiro atoms. The zero-order valence-electron chi connectivity index (χ0n) is 13.6. The summed E-state index contributed by atoms with van der Waals surface area (Å²) in [6, 6.07) is 0. The van der Waals surface area contributed by atoms with Gasteiger partial charge in [0.25, 0.3) is 0 Å². The van der Waals surface area contributed by atoms with E-state index < -0.39 is 11.6 Å². The van der Waals surface area contributed by atoms with Gasteiger partial charge in [0.1, 0.15) is 16.5 Å². The molecule has 0 radical (unpaired) electrons. The van der Waals surface area contributed by atoms with Gasteiger partial charge < -0.3 is 15.5 Å². The highest BCUT2D eigenvalue weighted by Gasteiger charge is 2.32. The largest absolute Gasteiger partial charge is 0.479 e. The van der Waals surface area contributed by atoms with E-state index in [4.69, 9.17) is 10.1 Å². The first kappa shape index (κ1) is 15.8. The first-order chi connectivity index (χ1) is 11.5. The van der Waals surface area contributed by atoms with Crippen molar-refractivity contribution >= 4 is 33.3 Å². The lowest BCUT2D eigenvalue weighted by atomic mass is 9.97. The number of aryl methyl sites for hydroxylation is 2. The highest BCUT2D eigenvalue weighted by molar-refractivity contribution is 7.19. The second kappa shape index (κ2) is 5.67. The Morgan fingerprint density at radius 1 is 1.33 bits per heavy atom. The number of fused-ring (bicyclic) bond motifs is 3. The summed E-state index contributed by atoms with van der Waals surface area (Å²) in [7, 11) is 0. The van der Waals surface area contributed by atoms with Crippen LogP contribution < -0.4 is 5.32 Å². The highest BCUT2D eigenvalue weighted by Crippen LogP contribution is 2.43. The lowest BCUT2D eigenvalue weighted by molar-refractivity contribution is -0.155. The van der Waals surface area contributed by atoms with Gasteiger partial charge in [-0.1, -0.05) is 0 Å². The van der Waals surface area contributed by atoms with Gasteiger partial charge in [0.05, 0.1) is 11.9 Å². The number of aromatic nitrogens is 2. The molecule has 2 aliphatic rings. The third kappa shape index (κ3) is 2.75. The Morgan fingerprint density at radius 2 is 2.08 bits per heavy atom. The van der Waals surface area contributed by atoms with Gasteiger partial charge in [0.15, 0.2) is 5.60 Å². The molecule has 1 atom stereocenters. The molecule has 0 aromatic carbocycles. The molecule has 2 aromatic rings. The van der Waals surface area contributed by atoms with Crippen LogP contribution in [0, 0.1) is 0 Å². The Morgan fingerprint density at radius 3 is 2.79 bits per heavy atom. The molecule has 128 valence electrons. The average molecular weight is 347 g/mol. The van der Waals surface area contributed by atoms with Crippen molar-refractivity contribution in [3.05, 3.63) is 16.3 Å². The number of anilines is 1. The van der Waals surface area contributed by atoms with E-state index in [2.05, 4.69) is 10.3 Å². The summed E-state index contributed by atoms with van der Waals surface area (Å²) >= 11 is 1.74. The van der Waals surface area contributed by atoms with Crippen molar-refractivity contribution in [3.63, 3.8) is 0 Å². The number of hydrogen-bond acceptors (Lipinski definition) is 6. The maximum atomic E-state index is 11.2. The summed E-state index contributed by atoms with van der Waals surface area (Å²) in [4.78, 5) is 23.0. The molecule has 0 amide bonds. The van der Waals surface area contributed by atoms with E-state index in [1.165, 1.54) is 23.8 Å². The van der Waals surface area contributed by atoms with Crippen molar-refractivity contribution in [1.82, 2.24) is 9.97 Å². The number of carboxylic acids is 1. The Hall–Kier alpha value is -1.73. The molecule has 6 nitrogen and oxygen atoms in total. The van der Waals surface area contributed by atoms with E-state index in [-0.39, 0.29) is 6.54 Å². The van der Waals surface area contributed by atoms with Crippen molar-refractivity contribution in [3.8, 4) is 0 Å². The van der Waals surface area contributed by atoms with Crippen LogP contribution in [0.1, 0.15) is 54.8 Å². The molecule has 24 heavy (non-hydrogen) atoms. The van der Waals surface area contributed by atoms with Crippen molar-refractivity contribution in [2.75, 3.05) is 11.9 Å². The second-order valence-electron chi connectivity index (χ2n) is 7.03. The molecule has 1 fully saturated rings. The highest BCUT2D eigenvalue weighted by atomic mass is 32.1. The second-order valence-corrected chi connectivity index (χ2v) is 8.11. The Labute approximate surface area is 143 Å². The lowest BCUT2D eigenvalue weighted by Gasteiger charge is -2.20. The number of carbonyl (C=O) groups is 1. The van der Waals surface area contributed by atoms with Crippen LogP contribution in [0.3, 0.4) is 0 Å². The van der Waals surface area contributed by atoms with Crippen molar-refractivity contribution < 1.29 is 15.0 Å². The molecule has 4 rings (SSSR count). The van der Waals surface area contributed by atoms with Crippen LogP contribution in [0.5, 0.6) is 0 Å². The van der Waals surface area contributed by atoms with Crippen molar-refractivity contribution in [1.29, 1.82) is 0 Å². The summed E-state index contributed by atoms with van der Waals surface area (Å²) in [5.41, 5.74) is -0.520. The van der Waals surface area contributed by atoms with E-state index in [9.17, 15) is 9.90 Å². The van der Waals surface area contributed by atoms with Gasteiger partial charge >= 0.3 is 5.97 Å². The van der Waals surface area contributed by atoms with Gasteiger partial charge in [-0.2, -0.15) is 0 Å². The SMILES string of the molecule is CC(O)(CNc1nc(C2CC2)nc2sc3c(c12)CCCC3)C(=O)O. The predicted octanol–water partition coefficient (Wildman–Crippen LogP) is 2.70. The number of carboxylic acid groups (broad SMARTS) is 1. The maximum Gasteiger partial charge on any atom is 0.337 e. The topological polar surface area (TPSA) is 95.3 Å². The molecule has 1 saturated carbocycles. The molecule has 7 heteroatoms. The van der Waals surface area contributed by atoms with Gasteiger partial charge in [-0.25, -0.2) is 14.8 Å². The van der Waals surface area contributed by atoms with Crippen LogP contribution in [-0.2, 0) is 17.6 Å². The summed E-state index contributed by atoms with van der Waals surface area (Å²) in [5, 5.41) is 23.2. The first-order valence-corrected chi connectivity index (χ1v) is 9.29. The van der Waals surface area contributed by atoms with Crippen molar-refractivity contribution in [2.45, 2.75) is 57.0 Å². The van der Waals surface area contributed by atoms with E-state index in [0.29, 0.717) is 11.7 Å². The van der Waals surface area contributed by atoms with Crippen molar-refractivity contribution in [2.24, 2.45) is 0 Å². The number of hydrogen-bond donors (Lipinski definition) is 3. The molecular weight excluding hydrogens is 326 g/mol. The van der Waals surface area contributed by atoms with E-state index in [0.717, 1.165) is 48.1 Å². The molecule has 2 heterocycles. The van der Waals surface area contributed by atoms with Gasteiger partial charge in [-0.3, -0.25) is 0 Å². The van der Waals surface area contributed by atoms with Crippen LogP contribution in [0.15, 0.2) is 0 Å². The minimum absolute atomic E-state index is 0.0802. The van der Waals surface area contributed by atoms with Gasteiger partial charge in [0.2, 0.25) is 0 Å². The monoisotopic (exact) mass is 347 g/mol. The predicted molar refractivity (Wildman–Crippen MR) is 92.8 cm³/mol. The van der Waals surface area contributed by atoms with E-state index in [1.807, 2.05) is 0 Å². The Kier molecular flexibility index (Phi) is 3.73. The zero-order valence-corrected chi connectivity index (χ0v) is 14.4. The summed E-state index contributed by atoms with van der Waals surface area (Å²) in [6.07, 6.45) is 6.70. The third-order valence-electron chi connectivity index (χ3n) is 4.84. The molecule has 0 saturated heterocycles. The molecular formula is C17H21N3O3S. The summed E-state index contributed by atoms with van der Waals surface area (Å²) < 4.78 is 0. The minimum Gasteiger partial charge on any atom is -0.479 e. The molecule has 0 bridgehead atoms.